The van der Waals surface area contributed by atoms with Crippen molar-refractivity contribution in [1.29, 1.82) is 0 Å². The molecule has 2 unspecified atom stereocenters. The number of hydrogen-bond acceptors (Lipinski definition) is 3. The van der Waals surface area contributed by atoms with Crippen molar-refractivity contribution < 1.29 is 0 Å². The van der Waals surface area contributed by atoms with Gasteiger partial charge in [-0.15, -0.1) is 11.3 Å². The fraction of sp³-hybridized carbons (Fsp3) is 0.235. The molecule has 0 fully saturated rings. The van der Waals surface area contributed by atoms with Crippen LogP contribution in [-0.2, 0) is 0 Å². The fourth-order valence-electron chi connectivity index (χ4n) is 2.42. The maximum Gasteiger partial charge on any atom is 0.0809 e. The van der Waals surface area contributed by atoms with Crippen molar-refractivity contribution in [3.63, 3.8) is 0 Å². The van der Waals surface area contributed by atoms with Crippen molar-refractivity contribution in [2.45, 2.75) is 25.9 Å². The van der Waals surface area contributed by atoms with Gasteiger partial charge in [0.1, 0.15) is 0 Å². The molecule has 0 bridgehead atoms. The zero-order valence-electron chi connectivity index (χ0n) is 12.0. The van der Waals surface area contributed by atoms with E-state index in [1.165, 1.54) is 15.8 Å². The molecule has 2 nitrogen and oxygen atoms in total. The number of rotatable bonds is 4. The Labute approximate surface area is 137 Å². The number of thiophene rings is 1. The summed E-state index contributed by atoms with van der Waals surface area (Å²) in [6.07, 6.45) is 1.97. The summed E-state index contributed by atoms with van der Waals surface area (Å²) in [5.41, 5.74) is 3.60. The van der Waals surface area contributed by atoms with Gasteiger partial charge >= 0.3 is 0 Å². The van der Waals surface area contributed by atoms with Gasteiger partial charge in [-0.3, -0.25) is 4.98 Å². The molecule has 1 aromatic carbocycles. The van der Waals surface area contributed by atoms with Crippen molar-refractivity contribution >= 4 is 37.5 Å². The van der Waals surface area contributed by atoms with Crippen LogP contribution < -0.4 is 5.32 Å². The molecule has 2 atom stereocenters. The Balaban J connectivity index is 1.75. The highest BCUT2D eigenvalue weighted by atomic mass is 79.9. The average molecular weight is 361 g/mol. The van der Waals surface area contributed by atoms with Gasteiger partial charge in [-0.25, -0.2) is 0 Å². The van der Waals surface area contributed by atoms with Crippen molar-refractivity contribution in [1.82, 2.24) is 10.3 Å². The lowest BCUT2D eigenvalue weighted by Crippen LogP contribution is -2.22. The van der Waals surface area contributed by atoms with Crippen molar-refractivity contribution in [3.05, 3.63) is 63.6 Å². The van der Waals surface area contributed by atoms with Gasteiger partial charge in [0.25, 0.3) is 0 Å². The van der Waals surface area contributed by atoms with E-state index in [-0.39, 0.29) is 6.04 Å². The summed E-state index contributed by atoms with van der Waals surface area (Å²) < 4.78 is 2.36. The molecule has 108 valence electrons. The largest absolute Gasteiger partial charge is 0.304 e. The third-order valence-electron chi connectivity index (χ3n) is 3.69. The number of hydrogen-bond donors (Lipinski definition) is 1. The molecule has 1 N–H and O–H groups in total. The molecule has 3 aromatic rings. The molecule has 4 heteroatoms. The summed E-state index contributed by atoms with van der Waals surface area (Å²) in [4.78, 5) is 4.52. The molecular weight excluding hydrogens is 344 g/mol. The molecule has 0 saturated carbocycles. The van der Waals surface area contributed by atoms with Gasteiger partial charge in [-0.2, -0.15) is 0 Å². The maximum atomic E-state index is 4.52. The maximum absolute atomic E-state index is 4.52. The van der Waals surface area contributed by atoms with Gasteiger partial charge in [-0.1, -0.05) is 28.1 Å². The Morgan fingerprint density at radius 2 is 1.76 bits per heavy atom. The molecule has 0 amide bonds. The van der Waals surface area contributed by atoms with Gasteiger partial charge in [0.2, 0.25) is 0 Å². The zero-order valence-corrected chi connectivity index (χ0v) is 14.4. The quantitative estimate of drug-likeness (QED) is 0.666. The molecule has 0 saturated heterocycles. The van der Waals surface area contributed by atoms with Crippen LogP contribution in [0.4, 0.5) is 0 Å². The van der Waals surface area contributed by atoms with Crippen LogP contribution in [0.1, 0.15) is 37.1 Å². The predicted molar refractivity (Wildman–Crippen MR) is 93.7 cm³/mol. The lowest BCUT2D eigenvalue weighted by atomic mass is 10.1. The first kappa shape index (κ1) is 14.7. The lowest BCUT2D eigenvalue weighted by molar-refractivity contribution is 0.494. The minimum absolute atomic E-state index is 0.266. The second-order valence-electron chi connectivity index (χ2n) is 5.23. The van der Waals surface area contributed by atoms with E-state index < -0.39 is 0 Å². The average Bonchev–Trinajstić information content (AvgIpc) is 2.95. The highest BCUT2D eigenvalue weighted by Gasteiger charge is 2.12. The predicted octanol–water partition coefficient (Wildman–Crippen LogP) is 5.47. The summed E-state index contributed by atoms with van der Waals surface area (Å²) in [6, 6.07) is 13.3. The van der Waals surface area contributed by atoms with E-state index in [9.17, 15) is 0 Å². The molecule has 0 aliphatic carbocycles. The molecule has 0 aliphatic rings. The lowest BCUT2D eigenvalue weighted by Gasteiger charge is -2.20. The number of benzene rings is 1. The Morgan fingerprint density at radius 1 is 1.05 bits per heavy atom. The number of nitrogens with zero attached hydrogens (tertiary/aromatic N) is 1. The number of halogens is 1. The first-order chi connectivity index (χ1) is 10.1. The van der Waals surface area contributed by atoms with Crippen LogP contribution in [0.25, 0.3) is 10.2 Å². The summed E-state index contributed by atoms with van der Waals surface area (Å²) in [5.74, 6) is 0. The minimum Gasteiger partial charge on any atom is -0.304 e. The molecule has 3 rings (SSSR count). The Hall–Kier alpha value is -1.23. The van der Waals surface area contributed by atoms with Gasteiger partial charge in [0.15, 0.2) is 0 Å². The number of aromatic nitrogens is 1. The van der Waals surface area contributed by atoms with Crippen molar-refractivity contribution in [2.75, 3.05) is 0 Å². The number of fused-ring (bicyclic) bond motifs is 1. The van der Waals surface area contributed by atoms with Crippen LogP contribution in [0.15, 0.2) is 52.4 Å². The second-order valence-corrected chi connectivity index (χ2v) is 7.10. The van der Waals surface area contributed by atoms with E-state index in [1.807, 2.05) is 6.20 Å². The van der Waals surface area contributed by atoms with Crippen LogP contribution >= 0.6 is 27.3 Å². The Kier molecular flexibility index (Phi) is 4.38. The number of nitrogens with one attached hydrogen (secondary N) is 1. The highest BCUT2D eigenvalue weighted by molar-refractivity contribution is 9.10. The summed E-state index contributed by atoms with van der Waals surface area (Å²) in [7, 11) is 0. The number of pyridine rings is 1. The van der Waals surface area contributed by atoms with E-state index >= 15 is 0 Å². The summed E-state index contributed by atoms with van der Waals surface area (Å²) >= 11 is 5.21. The van der Waals surface area contributed by atoms with Crippen LogP contribution in [0.5, 0.6) is 0 Å². The molecule has 21 heavy (non-hydrogen) atoms. The zero-order chi connectivity index (χ0) is 14.8. The minimum atomic E-state index is 0.266. The fourth-order valence-corrected chi connectivity index (χ4v) is 3.47. The summed E-state index contributed by atoms with van der Waals surface area (Å²) in [6.45, 7) is 4.38. The van der Waals surface area contributed by atoms with Crippen molar-refractivity contribution in [2.24, 2.45) is 0 Å². The first-order valence-electron chi connectivity index (χ1n) is 6.98. The second kappa shape index (κ2) is 6.26. The van der Waals surface area contributed by atoms with E-state index in [2.05, 4.69) is 81.9 Å². The van der Waals surface area contributed by atoms with Crippen LogP contribution in [0, 0.1) is 0 Å². The van der Waals surface area contributed by atoms with Gasteiger partial charge < -0.3 is 5.32 Å². The normalized spacial score (nSPS) is 14.2. The van der Waals surface area contributed by atoms with Crippen LogP contribution in [0.2, 0.25) is 0 Å². The Bertz CT molecular complexity index is 736. The smallest absolute Gasteiger partial charge is 0.0809 e. The molecule has 2 aromatic heterocycles. The SMILES string of the molecule is CC(NC(C)c1cnc2ccsc2c1)c1ccc(Br)cc1. The summed E-state index contributed by atoms with van der Waals surface area (Å²) in [5, 5.41) is 5.73. The standard InChI is InChI=1S/C17H17BrN2S/c1-11(13-3-5-15(18)6-4-13)20-12(2)14-9-17-16(19-10-14)7-8-21-17/h3-12,20H,1-2H3. The molecule has 2 heterocycles. The first-order valence-corrected chi connectivity index (χ1v) is 8.65. The van der Waals surface area contributed by atoms with Gasteiger partial charge in [0, 0.05) is 22.8 Å². The molecule has 0 radical (unpaired) electrons. The third-order valence-corrected chi connectivity index (χ3v) is 5.08. The van der Waals surface area contributed by atoms with Crippen molar-refractivity contribution in [3.8, 4) is 0 Å². The molecule has 0 aliphatic heterocycles. The Morgan fingerprint density at radius 3 is 2.52 bits per heavy atom. The van der Waals surface area contributed by atoms with E-state index in [1.54, 1.807) is 11.3 Å². The van der Waals surface area contributed by atoms with Gasteiger partial charge in [-0.05, 0) is 54.6 Å². The molecule has 0 spiro atoms. The van der Waals surface area contributed by atoms with E-state index in [0.29, 0.717) is 6.04 Å². The van der Waals surface area contributed by atoms with Crippen LogP contribution in [0.3, 0.4) is 0 Å². The van der Waals surface area contributed by atoms with E-state index in [4.69, 9.17) is 0 Å². The molecular formula is C17H17BrN2S. The third kappa shape index (κ3) is 3.34. The van der Waals surface area contributed by atoms with Crippen LogP contribution in [-0.4, -0.2) is 4.98 Å². The highest BCUT2D eigenvalue weighted by Crippen LogP contribution is 2.25. The van der Waals surface area contributed by atoms with E-state index in [0.717, 1.165) is 9.99 Å². The monoisotopic (exact) mass is 360 g/mol. The topological polar surface area (TPSA) is 24.9 Å². The van der Waals surface area contributed by atoms with Gasteiger partial charge in [0.05, 0.1) is 10.2 Å².